The smallest absolute Gasteiger partial charge is 0.162 e. The van der Waals surface area contributed by atoms with Crippen LogP contribution in [0.3, 0.4) is 0 Å². The van der Waals surface area contributed by atoms with E-state index in [1.165, 1.54) is 25.7 Å². The van der Waals surface area contributed by atoms with E-state index in [2.05, 4.69) is 28.2 Å². The maximum atomic E-state index is 5.94. The van der Waals surface area contributed by atoms with Gasteiger partial charge in [-0.2, -0.15) is 0 Å². The van der Waals surface area contributed by atoms with Crippen molar-refractivity contribution in [1.82, 2.24) is 9.97 Å². The van der Waals surface area contributed by atoms with Crippen LogP contribution in [-0.4, -0.2) is 24.1 Å². The minimum atomic E-state index is -0.303. The predicted octanol–water partition coefficient (Wildman–Crippen LogP) is 4.21. The van der Waals surface area contributed by atoms with Crippen molar-refractivity contribution in [2.75, 3.05) is 19.5 Å². The fourth-order valence-corrected chi connectivity index (χ4v) is 3.91. The van der Waals surface area contributed by atoms with Crippen LogP contribution in [0.15, 0.2) is 4.47 Å². The van der Waals surface area contributed by atoms with Crippen molar-refractivity contribution in [3.8, 4) is 0 Å². The average Bonchev–Trinajstić information content (AvgIpc) is 3.33. The Morgan fingerprint density at radius 3 is 2.38 bits per heavy atom. The van der Waals surface area contributed by atoms with Crippen LogP contribution >= 0.6 is 15.9 Å². The van der Waals surface area contributed by atoms with Crippen LogP contribution in [0.1, 0.15) is 62.9 Å². The third kappa shape index (κ3) is 2.82. The lowest BCUT2D eigenvalue weighted by Crippen LogP contribution is -2.35. The summed E-state index contributed by atoms with van der Waals surface area (Å²) in [6, 6.07) is 0. The van der Waals surface area contributed by atoms with E-state index in [-0.39, 0.29) is 5.60 Å². The lowest BCUT2D eigenvalue weighted by Gasteiger charge is -2.37. The van der Waals surface area contributed by atoms with Gasteiger partial charge in [0.05, 0.1) is 10.2 Å². The molecule has 4 nitrogen and oxygen atoms in total. The Kier molecular flexibility index (Phi) is 4.23. The van der Waals surface area contributed by atoms with Crippen LogP contribution in [0.2, 0.25) is 0 Å². The van der Waals surface area contributed by atoms with Crippen molar-refractivity contribution in [3.63, 3.8) is 0 Å². The summed E-state index contributed by atoms with van der Waals surface area (Å²) in [5.41, 5.74) is 0.849. The third-order valence-electron chi connectivity index (χ3n) is 4.96. The Hall–Kier alpha value is -0.680. The van der Waals surface area contributed by atoms with Crippen molar-refractivity contribution in [1.29, 1.82) is 0 Å². The summed E-state index contributed by atoms with van der Waals surface area (Å²) in [4.78, 5) is 9.67. The summed E-state index contributed by atoms with van der Waals surface area (Å²) < 4.78 is 6.96. The number of hydrogen-bond acceptors (Lipinski definition) is 4. The summed E-state index contributed by atoms with van der Waals surface area (Å²) in [6.07, 6.45) is 6.85. The maximum Gasteiger partial charge on any atom is 0.162 e. The monoisotopic (exact) mass is 353 g/mol. The van der Waals surface area contributed by atoms with Crippen molar-refractivity contribution in [3.05, 3.63) is 16.0 Å². The zero-order valence-corrected chi connectivity index (χ0v) is 14.7. The van der Waals surface area contributed by atoms with Gasteiger partial charge in [0, 0.05) is 20.1 Å². The lowest BCUT2D eigenvalue weighted by molar-refractivity contribution is -0.0598. The minimum Gasteiger partial charge on any atom is -0.372 e. The van der Waals surface area contributed by atoms with E-state index < -0.39 is 0 Å². The highest BCUT2D eigenvalue weighted by Crippen LogP contribution is 2.46. The predicted molar refractivity (Wildman–Crippen MR) is 87.6 cm³/mol. The Morgan fingerprint density at radius 2 is 1.86 bits per heavy atom. The Morgan fingerprint density at radius 1 is 1.19 bits per heavy atom. The van der Waals surface area contributed by atoms with Crippen molar-refractivity contribution < 1.29 is 4.74 Å². The van der Waals surface area contributed by atoms with E-state index in [1.807, 2.05) is 7.05 Å². The molecule has 2 aliphatic rings. The number of rotatable bonds is 4. The highest BCUT2D eigenvalue weighted by molar-refractivity contribution is 9.10. The first-order valence-corrected chi connectivity index (χ1v) is 8.69. The number of aromatic nitrogens is 2. The molecule has 5 heteroatoms. The minimum absolute atomic E-state index is 0.303. The topological polar surface area (TPSA) is 47.0 Å². The summed E-state index contributed by atoms with van der Waals surface area (Å²) >= 11 is 3.66. The quantitative estimate of drug-likeness (QED) is 0.880. The summed E-state index contributed by atoms with van der Waals surface area (Å²) in [6.45, 7) is 2.32. The largest absolute Gasteiger partial charge is 0.372 e. The number of methoxy groups -OCH3 is 1. The molecule has 1 aromatic heterocycles. The average molecular weight is 354 g/mol. The molecule has 3 rings (SSSR count). The molecule has 0 spiro atoms. The summed E-state index contributed by atoms with van der Waals surface area (Å²) in [5.74, 6) is 3.11. The highest BCUT2D eigenvalue weighted by Gasteiger charge is 2.40. The van der Waals surface area contributed by atoms with Crippen LogP contribution in [-0.2, 0) is 10.3 Å². The lowest BCUT2D eigenvalue weighted by atomic mass is 9.79. The van der Waals surface area contributed by atoms with Gasteiger partial charge in [0.2, 0.25) is 0 Å². The normalized spacial score (nSPS) is 29.4. The SMILES string of the molecule is CNc1nc(C2(OC)CCC(C)CC2)nc(C2CC2)c1Br. The van der Waals surface area contributed by atoms with Crippen LogP contribution in [0, 0.1) is 5.92 Å². The molecule has 0 unspecified atom stereocenters. The Bertz CT molecular complexity index is 522. The van der Waals surface area contributed by atoms with Gasteiger partial charge in [0.25, 0.3) is 0 Å². The highest BCUT2D eigenvalue weighted by atomic mass is 79.9. The number of halogens is 1. The van der Waals surface area contributed by atoms with Gasteiger partial charge in [0.1, 0.15) is 11.4 Å². The molecule has 0 atom stereocenters. The number of ether oxygens (including phenoxy) is 1. The van der Waals surface area contributed by atoms with Gasteiger partial charge in [-0.3, -0.25) is 0 Å². The van der Waals surface area contributed by atoms with Gasteiger partial charge in [-0.05, 0) is 60.4 Å². The standard InChI is InChI=1S/C16H24BrN3O/c1-10-6-8-16(21-3,9-7-10)15-19-13(11-4-5-11)12(17)14(18-2)20-15/h10-11H,4-9H2,1-3H3,(H,18,19,20). The molecule has 2 saturated carbocycles. The molecule has 0 amide bonds. The molecule has 2 aliphatic carbocycles. The fourth-order valence-electron chi connectivity index (χ4n) is 3.21. The zero-order valence-electron chi connectivity index (χ0n) is 13.1. The van der Waals surface area contributed by atoms with Gasteiger partial charge in [-0.15, -0.1) is 0 Å². The van der Waals surface area contributed by atoms with Gasteiger partial charge in [0.15, 0.2) is 5.82 Å². The van der Waals surface area contributed by atoms with E-state index in [0.29, 0.717) is 5.92 Å². The third-order valence-corrected chi connectivity index (χ3v) is 5.74. The molecule has 116 valence electrons. The van der Waals surface area contributed by atoms with Gasteiger partial charge < -0.3 is 10.1 Å². The number of nitrogens with zero attached hydrogens (tertiary/aromatic N) is 2. The van der Waals surface area contributed by atoms with E-state index in [4.69, 9.17) is 14.7 Å². The van der Waals surface area contributed by atoms with Crippen molar-refractivity contribution in [2.45, 2.75) is 57.0 Å². The molecule has 0 bridgehead atoms. The molecule has 0 aromatic carbocycles. The first-order valence-electron chi connectivity index (χ1n) is 7.90. The van der Waals surface area contributed by atoms with Crippen LogP contribution in [0.4, 0.5) is 5.82 Å². The van der Waals surface area contributed by atoms with E-state index >= 15 is 0 Å². The molecule has 2 fully saturated rings. The molecule has 0 aliphatic heterocycles. The molecular formula is C16H24BrN3O. The zero-order chi connectivity index (χ0) is 15.0. The first-order chi connectivity index (χ1) is 10.1. The summed E-state index contributed by atoms with van der Waals surface area (Å²) in [7, 11) is 3.72. The van der Waals surface area contributed by atoms with Crippen LogP contribution in [0.5, 0.6) is 0 Å². The van der Waals surface area contributed by atoms with Crippen molar-refractivity contribution in [2.24, 2.45) is 5.92 Å². The van der Waals surface area contributed by atoms with Gasteiger partial charge >= 0.3 is 0 Å². The molecule has 1 aromatic rings. The van der Waals surface area contributed by atoms with Gasteiger partial charge in [-0.1, -0.05) is 6.92 Å². The molecular weight excluding hydrogens is 330 g/mol. The molecule has 21 heavy (non-hydrogen) atoms. The van der Waals surface area contributed by atoms with E-state index in [9.17, 15) is 0 Å². The first kappa shape index (κ1) is 15.2. The van der Waals surface area contributed by atoms with E-state index in [0.717, 1.165) is 40.6 Å². The Labute approximate surface area is 135 Å². The second-order valence-electron chi connectivity index (χ2n) is 6.50. The Balaban J connectivity index is 2.01. The fraction of sp³-hybridized carbons (Fsp3) is 0.750. The van der Waals surface area contributed by atoms with Crippen LogP contribution in [0.25, 0.3) is 0 Å². The van der Waals surface area contributed by atoms with Gasteiger partial charge in [-0.25, -0.2) is 9.97 Å². The molecule has 1 heterocycles. The molecule has 0 saturated heterocycles. The molecule has 0 radical (unpaired) electrons. The maximum absolute atomic E-state index is 5.94. The van der Waals surface area contributed by atoms with Crippen LogP contribution < -0.4 is 5.32 Å². The number of hydrogen-bond donors (Lipinski definition) is 1. The van der Waals surface area contributed by atoms with Crippen molar-refractivity contribution >= 4 is 21.7 Å². The second-order valence-corrected chi connectivity index (χ2v) is 7.29. The van der Waals surface area contributed by atoms with E-state index in [1.54, 1.807) is 7.11 Å². The second kappa shape index (κ2) is 5.84. The number of nitrogens with one attached hydrogen (secondary N) is 1. The number of anilines is 1. The molecule has 1 N–H and O–H groups in total. The summed E-state index contributed by atoms with van der Waals surface area (Å²) in [5, 5.41) is 3.19.